The number of benzene rings is 1. The first-order valence-electron chi connectivity index (χ1n) is 4.53. The summed E-state index contributed by atoms with van der Waals surface area (Å²) in [5.41, 5.74) is 5.39. The lowest BCUT2D eigenvalue weighted by Gasteiger charge is -2.36. The third-order valence-electron chi connectivity index (χ3n) is 2.41. The molecule has 1 aromatic rings. The molecule has 0 aliphatic carbocycles. The van der Waals surface area contributed by atoms with Gasteiger partial charge in [-0.25, -0.2) is 5.43 Å². The van der Waals surface area contributed by atoms with Crippen LogP contribution in [0.2, 0.25) is 0 Å². The second kappa shape index (κ2) is 3.55. The molecule has 0 aromatic heterocycles. The molecule has 0 fully saturated rings. The number of rotatable bonds is 1. The molecular formula is C10H13N3S. The molecule has 4 heteroatoms. The van der Waals surface area contributed by atoms with Gasteiger partial charge in [0, 0.05) is 25.3 Å². The minimum atomic E-state index is 0.784. The molecule has 0 saturated carbocycles. The Kier molecular flexibility index (Phi) is 2.39. The van der Waals surface area contributed by atoms with E-state index in [4.69, 9.17) is 12.2 Å². The van der Waals surface area contributed by atoms with E-state index in [1.165, 1.54) is 5.69 Å². The zero-order valence-corrected chi connectivity index (χ0v) is 9.14. The van der Waals surface area contributed by atoms with E-state index in [1.54, 1.807) is 0 Å². The predicted molar refractivity (Wildman–Crippen MR) is 62.3 cm³/mol. The minimum absolute atomic E-state index is 0.784. The van der Waals surface area contributed by atoms with Crippen LogP contribution in [-0.4, -0.2) is 30.8 Å². The van der Waals surface area contributed by atoms with Crippen molar-refractivity contribution in [2.45, 2.75) is 0 Å². The zero-order valence-electron chi connectivity index (χ0n) is 8.32. The van der Waals surface area contributed by atoms with Gasteiger partial charge in [-0.1, -0.05) is 24.4 Å². The van der Waals surface area contributed by atoms with Crippen molar-refractivity contribution in [2.24, 2.45) is 0 Å². The molecule has 0 atom stereocenters. The van der Waals surface area contributed by atoms with E-state index in [0.717, 1.165) is 17.2 Å². The topological polar surface area (TPSA) is 18.5 Å². The average molecular weight is 207 g/mol. The molecule has 0 radical (unpaired) electrons. The van der Waals surface area contributed by atoms with Crippen LogP contribution in [0.15, 0.2) is 24.3 Å². The molecule has 1 heterocycles. The lowest BCUT2D eigenvalue weighted by molar-refractivity contribution is 0.342. The quantitative estimate of drug-likeness (QED) is 0.697. The van der Waals surface area contributed by atoms with Gasteiger partial charge in [-0.2, -0.15) is 0 Å². The van der Waals surface area contributed by atoms with Crippen LogP contribution < -0.4 is 10.3 Å². The highest BCUT2D eigenvalue weighted by Crippen LogP contribution is 2.25. The standard InChI is InChI=1S/C10H13N3S/c1-11-13-7-12(2)9-6-4-3-5-8(9)10(13)14/h3-6,11H,7H2,1-2H3. The summed E-state index contributed by atoms with van der Waals surface area (Å²) in [6.07, 6.45) is 0. The molecule has 0 saturated heterocycles. The summed E-state index contributed by atoms with van der Waals surface area (Å²) in [5, 5.41) is 1.96. The number of para-hydroxylation sites is 1. The van der Waals surface area contributed by atoms with Crippen LogP contribution in [0.1, 0.15) is 5.56 Å². The highest BCUT2D eigenvalue weighted by Gasteiger charge is 2.22. The Morgan fingerprint density at radius 3 is 2.79 bits per heavy atom. The Labute approximate surface area is 89.3 Å². The molecule has 74 valence electrons. The molecule has 0 amide bonds. The second-order valence-corrected chi connectivity index (χ2v) is 3.70. The maximum atomic E-state index is 5.37. The van der Waals surface area contributed by atoms with Crippen LogP contribution >= 0.6 is 12.2 Å². The minimum Gasteiger partial charge on any atom is -0.355 e. The van der Waals surface area contributed by atoms with Gasteiger partial charge in [0.2, 0.25) is 0 Å². The van der Waals surface area contributed by atoms with Crippen molar-refractivity contribution in [3.05, 3.63) is 29.8 Å². The number of hydrazine groups is 1. The van der Waals surface area contributed by atoms with Gasteiger partial charge < -0.3 is 4.90 Å². The summed E-state index contributed by atoms with van der Waals surface area (Å²) >= 11 is 5.37. The number of thiocarbonyl (C=S) groups is 1. The van der Waals surface area contributed by atoms with E-state index in [2.05, 4.69) is 29.5 Å². The van der Waals surface area contributed by atoms with Gasteiger partial charge in [0.25, 0.3) is 0 Å². The van der Waals surface area contributed by atoms with E-state index >= 15 is 0 Å². The van der Waals surface area contributed by atoms with Crippen LogP contribution in [0.25, 0.3) is 0 Å². The predicted octanol–water partition coefficient (Wildman–Crippen LogP) is 1.21. The fraction of sp³-hybridized carbons (Fsp3) is 0.300. The molecule has 1 N–H and O–H groups in total. The van der Waals surface area contributed by atoms with Crippen molar-refractivity contribution >= 4 is 22.9 Å². The van der Waals surface area contributed by atoms with E-state index in [-0.39, 0.29) is 0 Å². The average Bonchev–Trinajstić information content (AvgIpc) is 2.23. The first kappa shape index (κ1) is 9.43. The zero-order chi connectivity index (χ0) is 10.1. The highest BCUT2D eigenvalue weighted by molar-refractivity contribution is 7.80. The van der Waals surface area contributed by atoms with Crippen LogP contribution in [0, 0.1) is 0 Å². The summed E-state index contributed by atoms with van der Waals surface area (Å²) in [6, 6.07) is 8.19. The molecule has 1 aromatic carbocycles. The smallest absolute Gasteiger partial charge is 0.127 e. The number of hydrogen-bond acceptors (Lipinski definition) is 3. The lowest BCUT2D eigenvalue weighted by atomic mass is 10.1. The third kappa shape index (κ3) is 1.36. The summed E-state index contributed by atoms with van der Waals surface area (Å²) in [5.74, 6) is 0. The van der Waals surface area contributed by atoms with Gasteiger partial charge in [-0.3, -0.25) is 5.01 Å². The molecule has 0 spiro atoms. The van der Waals surface area contributed by atoms with Crippen LogP contribution in [0.3, 0.4) is 0 Å². The Morgan fingerprint density at radius 2 is 2.07 bits per heavy atom. The number of hydrogen-bond donors (Lipinski definition) is 1. The Bertz CT molecular complexity index is 364. The molecule has 1 aliphatic rings. The van der Waals surface area contributed by atoms with Gasteiger partial charge in [-0.15, -0.1) is 0 Å². The van der Waals surface area contributed by atoms with E-state index < -0.39 is 0 Å². The van der Waals surface area contributed by atoms with E-state index in [1.807, 2.05) is 24.2 Å². The molecule has 1 aliphatic heterocycles. The maximum absolute atomic E-state index is 5.37. The SMILES string of the molecule is CNN1CN(C)c2ccccc2C1=S. The number of nitrogens with zero attached hydrogens (tertiary/aromatic N) is 2. The van der Waals surface area contributed by atoms with Crippen molar-refractivity contribution < 1.29 is 0 Å². The molecule has 2 rings (SSSR count). The van der Waals surface area contributed by atoms with Crippen molar-refractivity contribution in [3.63, 3.8) is 0 Å². The van der Waals surface area contributed by atoms with Crippen molar-refractivity contribution in [1.82, 2.24) is 10.4 Å². The molecule has 0 unspecified atom stereocenters. The monoisotopic (exact) mass is 207 g/mol. The van der Waals surface area contributed by atoms with Gasteiger partial charge >= 0.3 is 0 Å². The third-order valence-corrected chi connectivity index (χ3v) is 2.85. The number of fused-ring (bicyclic) bond motifs is 1. The maximum Gasteiger partial charge on any atom is 0.127 e. The molecule has 0 bridgehead atoms. The van der Waals surface area contributed by atoms with Gasteiger partial charge in [0.05, 0.1) is 0 Å². The van der Waals surface area contributed by atoms with Crippen molar-refractivity contribution in [1.29, 1.82) is 0 Å². The summed E-state index contributed by atoms with van der Waals surface area (Å²) < 4.78 is 0. The van der Waals surface area contributed by atoms with Crippen molar-refractivity contribution in [3.8, 4) is 0 Å². The Hall–Kier alpha value is -1.13. The Morgan fingerprint density at radius 1 is 1.36 bits per heavy atom. The molecular weight excluding hydrogens is 194 g/mol. The van der Waals surface area contributed by atoms with Gasteiger partial charge in [0.15, 0.2) is 0 Å². The number of anilines is 1. The largest absolute Gasteiger partial charge is 0.355 e. The van der Waals surface area contributed by atoms with Gasteiger partial charge in [-0.05, 0) is 12.1 Å². The number of nitrogens with one attached hydrogen (secondary N) is 1. The fourth-order valence-electron chi connectivity index (χ4n) is 1.66. The van der Waals surface area contributed by atoms with E-state index in [0.29, 0.717) is 0 Å². The van der Waals surface area contributed by atoms with E-state index in [9.17, 15) is 0 Å². The Balaban J connectivity index is 2.46. The first-order valence-corrected chi connectivity index (χ1v) is 4.94. The summed E-state index contributed by atoms with van der Waals surface area (Å²) in [7, 11) is 3.94. The molecule has 3 nitrogen and oxygen atoms in total. The van der Waals surface area contributed by atoms with Crippen LogP contribution in [0.4, 0.5) is 5.69 Å². The second-order valence-electron chi connectivity index (χ2n) is 3.31. The van der Waals surface area contributed by atoms with Crippen molar-refractivity contribution in [2.75, 3.05) is 25.7 Å². The summed E-state index contributed by atoms with van der Waals surface area (Å²) in [4.78, 5) is 3.03. The van der Waals surface area contributed by atoms with Gasteiger partial charge in [0.1, 0.15) is 11.7 Å². The first-order chi connectivity index (χ1) is 6.74. The molecule has 14 heavy (non-hydrogen) atoms. The summed E-state index contributed by atoms with van der Waals surface area (Å²) in [6.45, 7) is 0.784. The lowest BCUT2D eigenvalue weighted by Crippen LogP contribution is -2.50. The van der Waals surface area contributed by atoms with Crippen LogP contribution in [-0.2, 0) is 0 Å². The normalized spacial score (nSPS) is 15.7. The highest BCUT2D eigenvalue weighted by atomic mass is 32.1. The van der Waals surface area contributed by atoms with Crippen LogP contribution in [0.5, 0.6) is 0 Å². The fourth-order valence-corrected chi connectivity index (χ4v) is 1.98.